The second-order valence-corrected chi connectivity index (χ2v) is 8.00. The summed E-state index contributed by atoms with van der Waals surface area (Å²) in [6, 6.07) is 6.28. The van der Waals surface area contributed by atoms with Crippen LogP contribution >= 0.6 is 11.3 Å². The topological polar surface area (TPSA) is 85.1 Å². The molecule has 0 radical (unpaired) electrons. The fourth-order valence-electron chi connectivity index (χ4n) is 3.49. The lowest BCUT2D eigenvalue weighted by molar-refractivity contribution is -0.116. The Morgan fingerprint density at radius 1 is 1.17 bits per heavy atom. The third-order valence-corrected chi connectivity index (χ3v) is 5.76. The van der Waals surface area contributed by atoms with Gasteiger partial charge in [-0.3, -0.25) is 4.79 Å². The van der Waals surface area contributed by atoms with Gasteiger partial charge >= 0.3 is 0 Å². The fourth-order valence-corrected chi connectivity index (χ4v) is 4.22. The largest absolute Gasteiger partial charge is 0.302 e. The highest BCUT2D eigenvalue weighted by atomic mass is 32.1. The number of hydrogen-bond acceptors (Lipinski definition) is 6. The predicted octanol–water partition coefficient (Wildman–Crippen LogP) is 4.05. The summed E-state index contributed by atoms with van der Waals surface area (Å²) in [6.45, 7) is 8.06. The molecule has 0 aliphatic carbocycles. The highest BCUT2D eigenvalue weighted by molar-refractivity contribution is 7.14. The maximum absolute atomic E-state index is 12.5. The Labute approximate surface area is 172 Å². The Morgan fingerprint density at radius 3 is 2.79 bits per heavy atom. The van der Waals surface area contributed by atoms with Crippen LogP contribution in [-0.4, -0.2) is 30.5 Å². The number of rotatable bonds is 5. The summed E-state index contributed by atoms with van der Waals surface area (Å²) in [6.07, 6.45) is 2.42. The molecule has 4 rings (SSSR count). The van der Waals surface area contributed by atoms with Crippen molar-refractivity contribution in [2.45, 2.75) is 40.5 Å². The van der Waals surface area contributed by atoms with Crippen LogP contribution < -0.4 is 5.32 Å². The predicted molar refractivity (Wildman–Crippen MR) is 114 cm³/mol. The molecule has 0 bridgehead atoms. The first-order chi connectivity index (χ1) is 13.9. The number of benzene rings is 1. The Balaban J connectivity index is 1.44. The van der Waals surface area contributed by atoms with Gasteiger partial charge in [0, 0.05) is 28.8 Å². The number of nitrogens with one attached hydrogen (secondary N) is 1. The number of anilines is 1. The lowest BCUT2D eigenvalue weighted by Gasteiger charge is -2.10. The van der Waals surface area contributed by atoms with Crippen LogP contribution in [0.5, 0.6) is 0 Å². The van der Waals surface area contributed by atoms with E-state index in [1.54, 1.807) is 4.52 Å². The molecule has 1 N–H and O–H groups in total. The zero-order valence-electron chi connectivity index (χ0n) is 16.9. The first kappa shape index (κ1) is 19.2. The third kappa shape index (κ3) is 3.88. The van der Waals surface area contributed by atoms with E-state index in [1.165, 1.54) is 28.8 Å². The monoisotopic (exact) mass is 406 g/mol. The molecule has 3 heterocycles. The SMILES string of the molecule is Cc1ccc(-c2csc(NC(=O)CCc3c(C)nc4ncnn4c3C)n2)c(C)c1. The van der Waals surface area contributed by atoms with Crippen LogP contribution in [0.4, 0.5) is 5.13 Å². The average Bonchev–Trinajstić information content (AvgIpc) is 3.31. The summed E-state index contributed by atoms with van der Waals surface area (Å²) in [5.41, 5.74) is 7.23. The highest BCUT2D eigenvalue weighted by Gasteiger charge is 2.14. The van der Waals surface area contributed by atoms with Gasteiger partial charge in [-0.25, -0.2) is 14.5 Å². The normalized spacial score (nSPS) is 11.2. The van der Waals surface area contributed by atoms with E-state index < -0.39 is 0 Å². The summed E-state index contributed by atoms with van der Waals surface area (Å²) in [7, 11) is 0. The van der Waals surface area contributed by atoms with Crippen molar-refractivity contribution in [1.29, 1.82) is 0 Å². The van der Waals surface area contributed by atoms with Crippen LogP contribution in [0.1, 0.15) is 34.5 Å². The van der Waals surface area contributed by atoms with Crippen molar-refractivity contribution in [2.75, 3.05) is 5.32 Å². The Hall–Kier alpha value is -3.13. The average molecular weight is 407 g/mol. The first-order valence-electron chi connectivity index (χ1n) is 9.41. The van der Waals surface area contributed by atoms with Crippen molar-refractivity contribution in [1.82, 2.24) is 24.6 Å². The Bertz CT molecular complexity index is 1210. The summed E-state index contributed by atoms with van der Waals surface area (Å²) in [5.74, 6) is 0.513. The summed E-state index contributed by atoms with van der Waals surface area (Å²) < 4.78 is 1.71. The highest BCUT2D eigenvalue weighted by Crippen LogP contribution is 2.28. The smallest absolute Gasteiger partial charge is 0.252 e. The van der Waals surface area contributed by atoms with E-state index in [9.17, 15) is 4.79 Å². The van der Waals surface area contributed by atoms with Crippen LogP contribution in [0.2, 0.25) is 0 Å². The van der Waals surface area contributed by atoms with E-state index in [1.807, 2.05) is 19.2 Å². The quantitative estimate of drug-likeness (QED) is 0.540. The third-order valence-electron chi connectivity index (χ3n) is 5.00. The van der Waals surface area contributed by atoms with E-state index in [0.717, 1.165) is 28.2 Å². The van der Waals surface area contributed by atoms with Crippen LogP contribution in [0, 0.1) is 27.7 Å². The lowest BCUT2D eigenvalue weighted by atomic mass is 10.0. The van der Waals surface area contributed by atoms with Crippen LogP contribution in [-0.2, 0) is 11.2 Å². The lowest BCUT2D eigenvalue weighted by Crippen LogP contribution is -2.14. The second kappa shape index (κ2) is 7.71. The summed E-state index contributed by atoms with van der Waals surface area (Å²) in [4.78, 5) is 25.6. The van der Waals surface area contributed by atoms with Gasteiger partial charge in [0.25, 0.3) is 5.78 Å². The molecule has 0 spiro atoms. The molecule has 29 heavy (non-hydrogen) atoms. The maximum Gasteiger partial charge on any atom is 0.252 e. The molecule has 1 amide bonds. The number of aryl methyl sites for hydroxylation is 4. The molecule has 0 atom stereocenters. The zero-order valence-corrected chi connectivity index (χ0v) is 17.7. The van der Waals surface area contributed by atoms with Crippen molar-refractivity contribution in [3.05, 3.63) is 58.0 Å². The minimum absolute atomic E-state index is 0.0657. The molecular formula is C21H22N6OS. The van der Waals surface area contributed by atoms with E-state index >= 15 is 0 Å². The number of carbonyl (C=O) groups excluding carboxylic acids is 1. The van der Waals surface area contributed by atoms with Crippen molar-refractivity contribution < 1.29 is 4.79 Å². The molecule has 0 aliphatic rings. The molecule has 148 valence electrons. The minimum Gasteiger partial charge on any atom is -0.302 e. The molecule has 3 aromatic heterocycles. The molecule has 0 saturated heterocycles. The van der Waals surface area contributed by atoms with E-state index in [2.05, 4.69) is 57.4 Å². The number of fused-ring (bicyclic) bond motifs is 1. The van der Waals surface area contributed by atoms with E-state index in [-0.39, 0.29) is 5.91 Å². The van der Waals surface area contributed by atoms with Gasteiger partial charge in [-0.2, -0.15) is 10.1 Å². The molecule has 8 heteroatoms. The summed E-state index contributed by atoms with van der Waals surface area (Å²) >= 11 is 1.44. The van der Waals surface area contributed by atoms with Crippen LogP contribution in [0.3, 0.4) is 0 Å². The Morgan fingerprint density at radius 2 is 2.00 bits per heavy atom. The number of amides is 1. The number of thiazole rings is 1. The number of carbonyl (C=O) groups is 1. The van der Waals surface area contributed by atoms with Crippen molar-refractivity contribution in [2.24, 2.45) is 0 Å². The van der Waals surface area contributed by atoms with Gasteiger partial charge in [-0.05, 0) is 45.2 Å². The molecule has 0 unspecified atom stereocenters. The van der Waals surface area contributed by atoms with Gasteiger partial charge in [-0.1, -0.05) is 23.8 Å². The van der Waals surface area contributed by atoms with Gasteiger partial charge in [0.2, 0.25) is 5.91 Å². The molecule has 7 nitrogen and oxygen atoms in total. The van der Waals surface area contributed by atoms with E-state index in [4.69, 9.17) is 0 Å². The van der Waals surface area contributed by atoms with Crippen LogP contribution in [0.15, 0.2) is 29.9 Å². The molecular weight excluding hydrogens is 384 g/mol. The molecule has 0 saturated carbocycles. The fraction of sp³-hybridized carbons (Fsp3) is 0.286. The standard InChI is InChI=1S/C21H22N6OS/c1-12-5-6-16(13(2)9-12)18-10-29-21(25-18)26-19(28)8-7-17-14(3)24-20-22-11-23-27(20)15(17)4/h5-6,9-11H,7-8H2,1-4H3,(H,25,26,28). The summed E-state index contributed by atoms with van der Waals surface area (Å²) in [5, 5.41) is 9.70. The van der Waals surface area contributed by atoms with Gasteiger partial charge in [-0.15, -0.1) is 11.3 Å². The van der Waals surface area contributed by atoms with Crippen molar-refractivity contribution in [3.63, 3.8) is 0 Å². The van der Waals surface area contributed by atoms with E-state index in [0.29, 0.717) is 23.8 Å². The van der Waals surface area contributed by atoms with Crippen molar-refractivity contribution in [3.8, 4) is 11.3 Å². The zero-order chi connectivity index (χ0) is 20.5. The molecule has 4 aromatic rings. The minimum atomic E-state index is -0.0657. The van der Waals surface area contributed by atoms with Crippen LogP contribution in [0.25, 0.3) is 17.0 Å². The number of aromatic nitrogens is 5. The first-order valence-corrected chi connectivity index (χ1v) is 10.3. The van der Waals surface area contributed by atoms with Gasteiger partial charge < -0.3 is 5.32 Å². The number of nitrogens with zero attached hydrogens (tertiary/aromatic N) is 5. The second-order valence-electron chi connectivity index (χ2n) is 7.14. The molecule has 0 fully saturated rings. The van der Waals surface area contributed by atoms with Crippen molar-refractivity contribution >= 4 is 28.2 Å². The van der Waals surface area contributed by atoms with Gasteiger partial charge in [0.05, 0.1) is 5.69 Å². The van der Waals surface area contributed by atoms with Gasteiger partial charge in [0.1, 0.15) is 6.33 Å². The molecule has 0 aliphatic heterocycles. The maximum atomic E-state index is 12.5. The number of hydrogen-bond donors (Lipinski definition) is 1. The van der Waals surface area contributed by atoms with Gasteiger partial charge in [0.15, 0.2) is 5.13 Å². The molecule has 1 aromatic carbocycles. The Kier molecular flexibility index (Phi) is 5.10.